The Hall–Kier alpha value is -0.980. The molecule has 1 aromatic rings. The minimum absolute atomic E-state index is 0.128. The van der Waals surface area contributed by atoms with Gasteiger partial charge in [0.2, 0.25) is 5.91 Å². The van der Waals surface area contributed by atoms with Crippen molar-refractivity contribution in [2.75, 3.05) is 19.7 Å². The van der Waals surface area contributed by atoms with Crippen LogP contribution < -0.4 is 0 Å². The largest absolute Gasteiger partial charge is 0.406 e. The first kappa shape index (κ1) is 18.1. The fourth-order valence-corrected chi connectivity index (χ4v) is 2.26. The summed E-state index contributed by atoms with van der Waals surface area (Å²) in [6.07, 6.45) is -4.42. The lowest BCUT2D eigenvalue weighted by Gasteiger charge is -2.23. The predicted octanol–water partition coefficient (Wildman–Crippen LogP) is 3.31. The monoisotopic (exact) mass is 343 g/mol. The Morgan fingerprint density at radius 2 is 1.95 bits per heavy atom. The highest BCUT2D eigenvalue weighted by molar-refractivity contribution is 6.35. The average molecular weight is 344 g/mol. The third-order valence-electron chi connectivity index (χ3n) is 2.72. The van der Waals surface area contributed by atoms with Gasteiger partial charge in [-0.1, -0.05) is 29.3 Å². The molecule has 1 N–H and O–H groups in total. The van der Waals surface area contributed by atoms with Crippen molar-refractivity contribution in [1.82, 2.24) is 4.90 Å². The maximum absolute atomic E-state index is 12.3. The summed E-state index contributed by atoms with van der Waals surface area (Å²) in [5, 5.41) is 9.55. The molecule has 21 heavy (non-hydrogen) atoms. The summed E-state index contributed by atoms with van der Waals surface area (Å²) < 4.78 is 37.0. The first-order valence-electron chi connectivity index (χ1n) is 6.12. The van der Waals surface area contributed by atoms with Crippen LogP contribution in [0, 0.1) is 0 Å². The number of hydrogen-bond acceptors (Lipinski definition) is 2. The van der Waals surface area contributed by atoms with Crippen LogP contribution in [0.3, 0.4) is 0 Å². The van der Waals surface area contributed by atoms with Gasteiger partial charge >= 0.3 is 6.18 Å². The Morgan fingerprint density at radius 3 is 2.48 bits per heavy atom. The van der Waals surface area contributed by atoms with E-state index in [1.807, 2.05) is 0 Å². The van der Waals surface area contributed by atoms with Crippen LogP contribution in [0.15, 0.2) is 18.2 Å². The van der Waals surface area contributed by atoms with Crippen molar-refractivity contribution >= 4 is 29.1 Å². The number of aryl methyl sites for hydroxylation is 1. The molecule has 0 spiro atoms. The maximum atomic E-state index is 12.3. The van der Waals surface area contributed by atoms with Crippen molar-refractivity contribution in [3.63, 3.8) is 0 Å². The molecule has 0 heterocycles. The highest BCUT2D eigenvalue weighted by atomic mass is 35.5. The third kappa shape index (κ3) is 6.54. The molecule has 1 rings (SSSR count). The molecule has 0 fully saturated rings. The van der Waals surface area contributed by atoms with Gasteiger partial charge in [0.15, 0.2) is 0 Å². The lowest BCUT2D eigenvalue weighted by molar-refractivity contribution is -0.162. The second kappa shape index (κ2) is 7.87. The smallest absolute Gasteiger partial charge is 0.395 e. The van der Waals surface area contributed by atoms with Crippen molar-refractivity contribution in [3.8, 4) is 0 Å². The zero-order chi connectivity index (χ0) is 16.0. The summed E-state index contributed by atoms with van der Waals surface area (Å²) in [7, 11) is 0. The lowest BCUT2D eigenvalue weighted by atomic mass is 10.1. The maximum Gasteiger partial charge on any atom is 0.406 e. The van der Waals surface area contributed by atoms with E-state index in [9.17, 15) is 18.0 Å². The quantitative estimate of drug-likeness (QED) is 0.860. The number of alkyl halides is 3. The van der Waals surface area contributed by atoms with Crippen LogP contribution in [-0.4, -0.2) is 41.8 Å². The van der Waals surface area contributed by atoms with E-state index in [-0.39, 0.29) is 19.4 Å². The second-order valence-corrected chi connectivity index (χ2v) is 5.23. The fraction of sp³-hybridized carbons (Fsp3) is 0.462. The number of rotatable bonds is 6. The van der Waals surface area contributed by atoms with Gasteiger partial charge < -0.3 is 10.0 Å². The van der Waals surface area contributed by atoms with Gasteiger partial charge in [0.1, 0.15) is 6.54 Å². The van der Waals surface area contributed by atoms with Crippen LogP contribution in [0.2, 0.25) is 10.0 Å². The van der Waals surface area contributed by atoms with E-state index in [2.05, 4.69) is 0 Å². The van der Waals surface area contributed by atoms with Crippen LogP contribution in [0.5, 0.6) is 0 Å². The van der Waals surface area contributed by atoms with Gasteiger partial charge in [0.25, 0.3) is 0 Å². The van der Waals surface area contributed by atoms with Crippen molar-refractivity contribution in [2.45, 2.75) is 19.0 Å². The van der Waals surface area contributed by atoms with Crippen LogP contribution in [-0.2, 0) is 11.2 Å². The molecule has 0 radical (unpaired) electrons. The molecule has 0 saturated heterocycles. The van der Waals surface area contributed by atoms with E-state index in [0.29, 0.717) is 20.5 Å². The van der Waals surface area contributed by atoms with Gasteiger partial charge in [0, 0.05) is 23.0 Å². The van der Waals surface area contributed by atoms with Gasteiger partial charge in [-0.05, 0) is 24.1 Å². The van der Waals surface area contributed by atoms with Crippen molar-refractivity contribution in [1.29, 1.82) is 0 Å². The fourth-order valence-electron chi connectivity index (χ4n) is 1.75. The molecule has 0 aliphatic carbocycles. The molecule has 0 bridgehead atoms. The molecular formula is C13H14Cl2F3NO2. The van der Waals surface area contributed by atoms with Gasteiger partial charge in [-0.2, -0.15) is 13.2 Å². The van der Waals surface area contributed by atoms with E-state index in [4.69, 9.17) is 28.3 Å². The normalized spacial score (nSPS) is 11.5. The zero-order valence-corrected chi connectivity index (χ0v) is 12.5. The van der Waals surface area contributed by atoms with Gasteiger partial charge in [-0.15, -0.1) is 0 Å². The predicted molar refractivity (Wildman–Crippen MR) is 74.5 cm³/mol. The first-order valence-corrected chi connectivity index (χ1v) is 6.88. The third-order valence-corrected chi connectivity index (χ3v) is 3.30. The summed E-state index contributed by atoms with van der Waals surface area (Å²) in [4.78, 5) is 12.4. The van der Waals surface area contributed by atoms with E-state index in [0.717, 1.165) is 0 Å². The molecule has 0 aromatic heterocycles. The molecule has 8 heteroatoms. The number of carbonyl (C=O) groups excluding carboxylic acids is 1. The highest BCUT2D eigenvalue weighted by Crippen LogP contribution is 2.23. The van der Waals surface area contributed by atoms with Crippen LogP contribution in [0.1, 0.15) is 12.0 Å². The molecular weight excluding hydrogens is 330 g/mol. The Balaban J connectivity index is 2.64. The molecule has 1 amide bonds. The summed E-state index contributed by atoms with van der Waals surface area (Å²) in [5.41, 5.74) is 0.630. The Kier molecular flexibility index (Phi) is 6.77. The van der Waals surface area contributed by atoms with Gasteiger partial charge in [-0.3, -0.25) is 4.79 Å². The van der Waals surface area contributed by atoms with Crippen LogP contribution >= 0.6 is 23.2 Å². The average Bonchev–Trinajstić information content (AvgIpc) is 2.35. The summed E-state index contributed by atoms with van der Waals surface area (Å²) in [5.74, 6) is -0.688. The lowest BCUT2D eigenvalue weighted by Crippen LogP contribution is -2.40. The van der Waals surface area contributed by atoms with Crippen molar-refractivity contribution in [3.05, 3.63) is 33.8 Å². The minimum atomic E-state index is -4.50. The number of benzene rings is 1. The second-order valence-electron chi connectivity index (χ2n) is 4.39. The standard InChI is InChI=1S/C13H14Cl2F3NO2/c14-10-3-1-9(11(15)7-10)2-4-12(21)19(5-6-20)8-13(16,17)18/h1,3,7,20H,2,4-6,8H2. The van der Waals surface area contributed by atoms with Crippen LogP contribution in [0.4, 0.5) is 13.2 Å². The summed E-state index contributed by atoms with van der Waals surface area (Å²) in [6.45, 7) is -2.25. The number of aliphatic hydroxyl groups excluding tert-OH is 1. The Morgan fingerprint density at radius 1 is 1.29 bits per heavy atom. The number of hydrogen-bond donors (Lipinski definition) is 1. The molecule has 0 atom stereocenters. The topological polar surface area (TPSA) is 40.5 Å². The number of carbonyl (C=O) groups is 1. The molecule has 0 unspecified atom stereocenters. The number of nitrogens with zero attached hydrogens (tertiary/aromatic N) is 1. The van der Waals surface area contributed by atoms with Crippen molar-refractivity contribution < 1.29 is 23.1 Å². The minimum Gasteiger partial charge on any atom is -0.395 e. The van der Waals surface area contributed by atoms with E-state index >= 15 is 0 Å². The summed E-state index contributed by atoms with van der Waals surface area (Å²) >= 11 is 11.7. The van der Waals surface area contributed by atoms with Gasteiger partial charge in [-0.25, -0.2) is 0 Å². The number of aliphatic hydroxyl groups is 1. The van der Waals surface area contributed by atoms with E-state index < -0.39 is 25.2 Å². The van der Waals surface area contributed by atoms with E-state index in [1.165, 1.54) is 6.07 Å². The molecule has 0 aliphatic rings. The number of amides is 1. The van der Waals surface area contributed by atoms with Crippen LogP contribution in [0.25, 0.3) is 0 Å². The SMILES string of the molecule is O=C(CCc1ccc(Cl)cc1Cl)N(CCO)CC(F)(F)F. The summed E-state index contributed by atoms with van der Waals surface area (Å²) in [6, 6.07) is 4.72. The zero-order valence-electron chi connectivity index (χ0n) is 11.0. The van der Waals surface area contributed by atoms with Gasteiger partial charge in [0.05, 0.1) is 6.61 Å². The molecule has 0 saturated carbocycles. The highest BCUT2D eigenvalue weighted by Gasteiger charge is 2.32. The Bertz CT molecular complexity index is 495. The van der Waals surface area contributed by atoms with E-state index in [1.54, 1.807) is 12.1 Å². The molecule has 1 aromatic carbocycles. The number of halogens is 5. The van der Waals surface area contributed by atoms with Crippen molar-refractivity contribution in [2.24, 2.45) is 0 Å². The molecule has 118 valence electrons. The molecule has 3 nitrogen and oxygen atoms in total. The molecule has 0 aliphatic heterocycles. The Labute approximate surface area is 130 Å². The first-order chi connectivity index (χ1) is 9.73.